The maximum Gasteiger partial charge on any atom is 0.130 e. The van der Waals surface area contributed by atoms with Gasteiger partial charge >= 0.3 is 0 Å². The van der Waals surface area contributed by atoms with E-state index in [0.29, 0.717) is 6.10 Å². The fourth-order valence-electron chi connectivity index (χ4n) is 2.46. The van der Waals surface area contributed by atoms with E-state index >= 15 is 0 Å². The van der Waals surface area contributed by atoms with Crippen molar-refractivity contribution in [1.29, 1.82) is 0 Å². The van der Waals surface area contributed by atoms with E-state index in [1.165, 1.54) is 18.4 Å². The lowest BCUT2D eigenvalue weighted by molar-refractivity contribution is 0.0793. The summed E-state index contributed by atoms with van der Waals surface area (Å²) in [5.41, 5.74) is 1.26. The van der Waals surface area contributed by atoms with Crippen LogP contribution < -0.4 is 5.32 Å². The highest BCUT2D eigenvalue weighted by Crippen LogP contribution is 2.17. The second kappa shape index (κ2) is 7.46. The van der Waals surface area contributed by atoms with E-state index in [9.17, 15) is 0 Å². The third kappa shape index (κ3) is 4.48. The summed E-state index contributed by atoms with van der Waals surface area (Å²) in [7, 11) is 2.15. The number of pyridine rings is 1. The molecular formula is C15H25N3O. The number of nitrogens with one attached hydrogen (secondary N) is 1. The average molecular weight is 263 g/mol. The molecule has 1 aromatic rings. The maximum absolute atomic E-state index is 5.68. The minimum atomic E-state index is 0.411. The van der Waals surface area contributed by atoms with Gasteiger partial charge in [0.1, 0.15) is 5.82 Å². The Morgan fingerprint density at radius 3 is 3.16 bits per heavy atom. The first-order chi connectivity index (χ1) is 9.29. The first-order valence-electron chi connectivity index (χ1n) is 7.27. The summed E-state index contributed by atoms with van der Waals surface area (Å²) in [6.45, 7) is 5.98. The summed E-state index contributed by atoms with van der Waals surface area (Å²) in [6, 6.07) is 4.16. The summed E-state index contributed by atoms with van der Waals surface area (Å²) in [5.74, 6) is 1.02. The van der Waals surface area contributed by atoms with Gasteiger partial charge in [0.05, 0.1) is 6.10 Å². The van der Waals surface area contributed by atoms with Gasteiger partial charge in [-0.05, 0) is 32.4 Å². The molecule has 1 unspecified atom stereocenters. The van der Waals surface area contributed by atoms with Crippen molar-refractivity contribution in [1.82, 2.24) is 9.88 Å². The van der Waals surface area contributed by atoms with Gasteiger partial charge in [-0.25, -0.2) is 4.98 Å². The monoisotopic (exact) mass is 263 g/mol. The van der Waals surface area contributed by atoms with Crippen LogP contribution in [0.3, 0.4) is 0 Å². The number of ether oxygens (including phenoxy) is 1. The van der Waals surface area contributed by atoms with Crippen molar-refractivity contribution in [3.8, 4) is 0 Å². The van der Waals surface area contributed by atoms with Crippen LogP contribution >= 0.6 is 0 Å². The van der Waals surface area contributed by atoms with E-state index in [1.54, 1.807) is 0 Å². The molecule has 2 heterocycles. The molecule has 106 valence electrons. The predicted molar refractivity (Wildman–Crippen MR) is 78.3 cm³/mol. The van der Waals surface area contributed by atoms with Crippen LogP contribution in [0.15, 0.2) is 18.3 Å². The lowest BCUT2D eigenvalue weighted by Gasteiger charge is -2.21. The summed E-state index contributed by atoms with van der Waals surface area (Å²) in [6.07, 6.45) is 5.77. The first kappa shape index (κ1) is 14.3. The van der Waals surface area contributed by atoms with Crippen molar-refractivity contribution in [2.45, 2.75) is 38.8 Å². The van der Waals surface area contributed by atoms with Crippen molar-refractivity contribution < 1.29 is 4.74 Å². The average Bonchev–Trinajstić information content (AvgIpc) is 2.90. The molecule has 1 N–H and O–H groups in total. The number of aromatic nitrogens is 1. The van der Waals surface area contributed by atoms with Crippen molar-refractivity contribution >= 4 is 5.82 Å². The number of rotatable bonds is 7. The van der Waals surface area contributed by atoms with Gasteiger partial charge in [0, 0.05) is 38.0 Å². The number of anilines is 1. The molecule has 0 bridgehead atoms. The summed E-state index contributed by atoms with van der Waals surface area (Å²) in [4.78, 5) is 6.76. The Balaban J connectivity index is 1.89. The van der Waals surface area contributed by atoms with Crippen LogP contribution in [0.4, 0.5) is 5.82 Å². The fourth-order valence-corrected chi connectivity index (χ4v) is 2.46. The van der Waals surface area contributed by atoms with Gasteiger partial charge in [-0.15, -0.1) is 0 Å². The van der Waals surface area contributed by atoms with E-state index in [4.69, 9.17) is 4.74 Å². The zero-order valence-corrected chi connectivity index (χ0v) is 12.1. The summed E-state index contributed by atoms with van der Waals surface area (Å²) < 4.78 is 5.68. The predicted octanol–water partition coefficient (Wildman–Crippen LogP) is 2.51. The van der Waals surface area contributed by atoms with Crippen molar-refractivity contribution in [2.24, 2.45) is 0 Å². The Hall–Kier alpha value is -1.13. The summed E-state index contributed by atoms with van der Waals surface area (Å²) >= 11 is 0. The fraction of sp³-hybridized carbons (Fsp3) is 0.667. The minimum absolute atomic E-state index is 0.411. The normalized spacial score (nSPS) is 19.0. The molecule has 4 heteroatoms. The molecule has 0 aliphatic carbocycles. The minimum Gasteiger partial charge on any atom is -0.377 e. The van der Waals surface area contributed by atoms with Crippen molar-refractivity contribution in [2.75, 3.05) is 32.1 Å². The smallest absolute Gasteiger partial charge is 0.130 e. The van der Waals surface area contributed by atoms with Gasteiger partial charge in [-0.2, -0.15) is 0 Å². The van der Waals surface area contributed by atoms with E-state index in [0.717, 1.165) is 38.5 Å². The van der Waals surface area contributed by atoms with Crippen LogP contribution in [0.1, 0.15) is 31.7 Å². The highest BCUT2D eigenvalue weighted by Gasteiger charge is 2.17. The Morgan fingerprint density at radius 2 is 2.42 bits per heavy atom. The molecule has 1 saturated heterocycles. The lowest BCUT2D eigenvalue weighted by Crippen LogP contribution is -2.28. The molecule has 2 rings (SSSR count). The van der Waals surface area contributed by atoms with Gasteiger partial charge in [-0.1, -0.05) is 13.0 Å². The van der Waals surface area contributed by atoms with Crippen LogP contribution in [0.5, 0.6) is 0 Å². The van der Waals surface area contributed by atoms with Gasteiger partial charge in [-0.3, -0.25) is 4.90 Å². The first-order valence-corrected chi connectivity index (χ1v) is 7.27. The number of hydrogen-bond donors (Lipinski definition) is 1. The van der Waals surface area contributed by atoms with Crippen LogP contribution in [0.2, 0.25) is 0 Å². The van der Waals surface area contributed by atoms with Gasteiger partial charge in [0.15, 0.2) is 0 Å². The molecule has 0 amide bonds. The van der Waals surface area contributed by atoms with E-state index in [2.05, 4.69) is 35.2 Å². The van der Waals surface area contributed by atoms with E-state index in [1.807, 2.05) is 12.3 Å². The van der Waals surface area contributed by atoms with Crippen LogP contribution in [0, 0.1) is 0 Å². The Bertz CT molecular complexity index is 377. The molecule has 0 spiro atoms. The molecule has 1 aromatic heterocycles. The zero-order chi connectivity index (χ0) is 13.5. The molecule has 0 aromatic carbocycles. The summed E-state index contributed by atoms with van der Waals surface area (Å²) in [5, 5.41) is 3.39. The molecule has 19 heavy (non-hydrogen) atoms. The molecule has 1 atom stereocenters. The SMILES string of the molecule is CCCNc1ncccc1CN(C)CC1CCCO1. The van der Waals surface area contributed by atoms with Crippen LogP contribution in [0.25, 0.3) is 0 Å². The quantitative estimate of drug-likeness (QED) is 0.820. The highest BCUT2D eigenvalue weighted by molar-refractivity contribution is 5.43. The second-order valence-electron chi connectivity index (χ2n) is 5.27. The van der Waals surface area contributed by atoms with E-state index in [-0.39, 0.29) is 0 Å². The third-order valence-electron chi connectivity index (χ3n) is 3.41. The van der Waals surface area contributed by atoms with Crippen LogP contribution in [-0.4, -0.2) is 42.7 Å². The number of hydrogen-bond acceptors (Lipinski definition) is 4. The Labute approximate surface area is 116 Å². The maximum atomic E-state index is 5.68. The number of nitrogens with zero attached hydrogens (tertiary/aromatic N) is 2. The Kier molecular flexibility index (Phi) is 5.61. The lowest BCUT2D eigenvalue weighted by atomic mass is 10.2. The standard InChI is InChI=1S/C15H25N3O/c1-3-8-16-15-13(6-4-9-17-15)11-18(2)12-14-7-5-10-19-14/h4,6,9,14H,3,5,7-8,10-12H2,1-2H3,(H,16,17). The van der Waals surface area contributed by atoms with Gasteiger partial charge in [0.2, 0.25) is 0 Å². The zero-order valence-electron chi connectivity index (χ0n) is 12.1. The van der Waals surface area contributed by atoms with Crippen molar-refractivity contribution in [3.05, 3.63) is 23.9 Å². The largest absolute Gasteiger partial charge is 0.377 e. The highest BCUT2D eigenvalue weighted by atomic mass is 16.5. The van der Waals surface area contributed by atoms with Crippen LogP contribution in [-0.2, 0) is 11.3 Å². The second-order valence-corrected chi connectivity index (χ2v) is 5.27. The molecule has 4 nitrogen and oxygen atoms in total. The Morgan fingerprint density at radius 1 is 1.53 bits per heavy atom. The topological polar surface area (TPSA) is 37.4 Å². The van der Waals surface area contributed by atoms with E-state index < -0.39 is 0 Å². The number of likely N-dealkylation sites (N-methyl/N-ethyl adjacent to an activating group) is 1. The molecule has 0 saturated carbocycles. The third-order valence-corrected chi connectivity index (χ3v) is 3.41. The van der Waals surface area contributed by atoms with Crippen molar-refractivity contribution in [3.63, 3.8) is 0 Å². The molecular weight excluding hydrogens is 238 g/mol. The molecule has 1 aliphatic rings. The van der Waals surface area contributed by atoms with Gasteiger partial charge in [0.25, 0.3) is 0 Å². The molecule has 1 fully saturated rings. The molecule has 1 aliphatic heterocycles. The van der Waals surface area contributed by atoms with Gasteiger partial charge < -0.3 is 10.1 Å². The molecule has 0 radical (unpaired) electrons.